The van der Waals surface area contributed by atoms with E-state index in [4.69, 9.17) is 0 Å². The fraction of sp³-hybridized carbons (Fsp3) is 0.353. The molecular formula is C17H19F2N3O4S2. The molecule has 11 heteroatoms. The third kappa shape index (κ3) is 4.54. The van der Waals surface area contributed by atoms with Crippen LogP contribution in [-0.2, 0) is 20.0 Å². The minimum absolute atomic E-state index is 0.0130. The molecule has 1 saturated heterocycles. The molecule has 152 valence electrons. The summed E-state index contributed by atoms with van der Waals surface area (Å²) >= 11 is 0. The van der Waals surface area contributed by atoms with Gasteiger partial charge in [-0.2, -0.15) is 4.31 Å². The lowest BCUT2D eigenvalue weighted by Gasteiger charge is -2.31. The Hall–Kier alpha value is -1.95. The first-order valence-electron chi connectivity index (χ1n) is 8.55. The van der Waals surface area contributed by atoms with E-state index in [1.165, 1.54) is 22.8 Å². The van der Waals surface area contributed by atoms with Crippen molar-refractivity contribution < 1.29 is 25.6 Å². The largest absolute Gasteiger partial charge is 0.263 e. The molecule has 2 heterocycles. The summed E-state index contributed by atoms with van der Waals surface area (Å²) in [5.74, 6) is -2.01. The summed E-state index contributed by atoms with van der Waals surface area (Å²) in [6, 6.07) is 5.23. The smallest absolute Gasteiger partial charge is 0.244 e. The lowest BCUT2D eigenvalue weighted by molar-refractivity contribution is 0.274. The van der Waals surface area contributed by atoms with Crippen molar-refractivity contribution in [1.82, 2.24) is 14.0 Å². The Morgan fingerprint density at radius 3 is 2.46 bits per heavy atom. The average molecular weight is 431 g/mol. The van der Waals surface area contributed by atoms with E-state index in [0.29, 0.717) is 18.9 Å². The van der Waals surface area contributed by atoms with Crippen LogP contribution in [0.3, 0.4) is 0 Å². The zero-order chi connectivity index (χ0) is 20.4. The van der Waals surface area contributed by atoms with Gasteiger partial charge < -0.3 is 0 Å². The lowest BCUT2D eigenvalue weighted by atomic mass is 9.99. The molecule has 0 aliphatic carbocycles. The summed E-state index contributed by atoms with van der Waals surface area (Å²) in [6.45, 7) is 0.481. The molecule has 0 unspecified atom stereocenters. The molecule has 1 aliphatic rings. The summed E-state index contributed by atoms with van der Waals surface area (Å²) in [7, 11) is -7.84. The molecule has 3 rings (SSSR count). The van der Waals surface area contributed by atoms with Crippen LogP contribution in [0.4, 0.5) is 8.78 Å². The number of sulfonamides is 2. The number of benzene rings is 1. The molecule has 1 aliphatic heterocycles. The van der Waals surface area contributed by atoms with Crippen LogP contribution in [0, 0.1) is 17.6 Å². The Morgan fingerprint density at radius 2 is 1.82 bits per heavy atom. The number of piperidine rings is 1. The van der Waals surface area contributed by atoms with Crippen molar-refractivity contribution in [2.75, 3.05) is 19.6 Å². The summed E-state index contributed by atoms with van der Waals surface area (Å²) in [6.07, 6.45) is 3.64. The standard InChI is InChI=1S/C17H19F2N3O4S2/c18-14-3-4-16(19)17(10-14)27(23,24)21-11-13-5-8-22(9-6-13)28(25,26)15-2-1-7-20-12-15/h1-4,7,10,12-13,21H,5-6,8-9,11H2. The first-order valence-corrected chi connectivity index (χ1v) is 11.5. The molecule has 1 fully saturated rings. The average Bonchev–Trinajstić information content (AvgIpc) is 2.69. The number of halogens is 2. The molecule has 0 bridgehead atoms. The second kappa shape index (κ2) is 8.19. The van der Waals surface area contributed by atoms with Crippen molar-refractivity contribution in [1.29, 1.82) is 0 Å². The maximum atomic E-state index is 13.7. The first kappa shape index (κ1) is 20.8. The number of nitrogens with one attached hydrogen (secondary N) is 1. The Kier molecular flexibility index (Phi) is 6.08. The third-order valence-corrected chi connectivity index (χ3v) is 7.91. The fourth-order valence-electron chi connectivity index (χ4n) is 2.99. The van der Waals surface area contributed by atoms with Crippen molar-refractivity contribution in [3.63, 3.8) is 0 Å². The number of pyridine rings is 1. The van der Waals surface area contributed by atoms with Crippen molar-refractivity contribution >= 4 is 20.0 Å². The van der Waals surface area contributed by atoms with Gasteiger partial charge >= 0.3 is 0 Å². The van der Waals surface area contributed by atoms with Crippen LogP contribution < -0.4 is 4.72 Å². The van der Waals surface area contributed by atoms with Gasteiger partial charge in [-0.05, 0) is 49.1 Å². The molecule has 0 amide bonds. The Balaban J connectivity index is 1.60. The van der Waals surface area contributed by atoms with Crippen molar-refractivity contribution in [3.8, 4) is 0 Å². The van der Waals surface area contributed by atoms with Gasteiger partial charge in [0.25, 0.3) is 0 Å². The van der Waals surface area contributed by atoms with Crippen LogP contribution in [-0.4, -0.2) is 45.8 Å². The quantitative estimate of drug-likeness (QED) is 0.752. The van der Waals surface area contributed by atoms with Crippen LogP contribution in [0.2, 0.25) is 0 Å². The van der Waals surface area contributed by atoms with Crippen LogP contribution in [0.5, 0.6) is 0 Å². The van der Waals surface area contributed by atoms with Crippen molar-refractivity contribution in [3.05, 3.63) is 54.4 Å². The van der Waals surface area contributed by atoms with Gasteiger partial charge in [0.15, 0.2) is 0 Å². The summed E-state index contributed by atoms with van der Waals surface area (Å²) in [5, 5.41) is 0. The minimum atomic E-state index is -4.20. The highest BCUT2D eigenvalue weighted by Gasteiger charge is 2.30. The minimum Gasteiger partial charge on any atom is -0.263 e. The molecule has 1 N–H and O–H groups in total. The highest BCUT2D eigenvalue weighted by molar-refractivity contribution is 7.89. The van der Waals surface area contributed by atoms with Gasteiger partial charge in [0, 0.05) is 32.0 Å². The molecule has 0 saturated carbocycles. The van der Waals surface area contributed by atoms with Gasteiger partial charge in [-0.3, -0.25) is 4.98 Å². The summed E-state index contributed by atoms with van der Waals surface area (Å²) in [4.78, 5) is 3.18. The van der Waals surface area contributed by atoms with Crippen molar-refractivity contribution in [2.24, 2.45) is 5.92 Å². The molecule has 2 aromatic rings. The normalized spacial score (nSPS) is 16.9. The Morgan fingerprint density at radius 1 is 1.11 bits per heavy atom. The van der Waals surface area contributed by atoms with E-state index in [2.05, 4.69) is 9.71 Å². The number of nitrogens with zero attached hydrogens (tertiary/aromatic N) is 2. The molecule has 7 nitrogen and oxygen atoms in total. The second-order valence-corrected chi connectivity index (χ2v) is 10.1. The highest BCUT2D eigenvalue weighted by atomic mass is 32.2. The molecule has 0 spiro atoms. The fourth-order valence-corrected chi connectivity index (χ4v) is 5.63. The van der Waals surface area contributed by atoms with E-state index in [0.717, 1.165) is 12.1 Å². The second-order valence-electron chi connectivity index (χ2n) is 6.46. The predicted octanol–water partition coefficient (Wildman–Crippen LogP) is 1.74. The molecule has 28 heavy (non-hydrogen) atoms. The zero-order valence-electron chi connectivity index (χ0n) is 14.8. The maximum Gasteiger partial charge on any atom is 0.244 e. The molecule has 0 atom stereocenters. The maximum absolute atomic E-state index is 13.7. The molecule has 1 aromatic heterocycles. The van der Waals surface area contributed by atoms with Gasteiger partial charge in [0.2, 0.25) is 20.0 Å². The molecule has 1 aromatic carbocycles. The number of aromatic nitrogens is 1. The third-order valence-electron chi connectivity index (χ3n) is 4.59. The van der Waals surface area contributed by atoms with E-state index < -0.39 is 36.6 Å². The van der Waals surface area contributed by atoms with Gasteiger partial charge in [-0.15, -0.1) is 0 Å². The van der Waals surface area contributed by atoms with Crippen LogP contribution in [0.25, 0.3) is 0 Å². The zero-order valence-corrected chi connectivity index (χ0v) is 16.4. The van der Waals surface area contributed by atoms with Crippen molar-refractivity contribution in [2.45, 2.75) is 22.6 Å². The topological polar surface area (TPSA) is 96.4 Å². The van der Waals surface area contributed by atoms with Gasteiger partial charge in [-0.1, -0.05) is 0 Å². The predicted molar refractivity (Wildman–Crippen MR) is 97.3 cm³/mol. The van der Waals surface area contributed by atoms with Gasteiger partial charge in [0.05, 0.1) is 0 Å². The van der Waals surface area contributed by atoms with Crippen LogP contribution in [0.1, 0.15) is 12.8 Å². The van der Waals surface area contributed by atoms with E-state index in [1.807, 2.05) is 0 Å². The number of hydrogen-bond donors (Lipinski definition) is 1. The number of rotatable bonds is 6. The Bertz CT molecular complexity index is 1040. The van der Waals surface area contributed by atoms with Gasteiger partial charge in [-0.25, -0.2) is 30.3 Å². The SMILES string of the molecule is O=S(=O)(NCC1CCN(S(=O)(=O)c2cccnc2)CC1)c1cc(F)ccc1F. The molecular weight excluding hydrogens is 412 g/mol. The lowest BCUT2D eigenvalue weighted by Crippen LogP contribution is -2.41. The first-order chi connectivity index (χ1) is 13.2. The van der Waals surface area contributed by atoms with E-state index in [-0.39, 0.29) is 30.4 Å². The Labute approximate surface area is 162 Å². The van der Waals surface area contributed by atoms with E-state index >= 15 is 0 Å². The monoisotopic (exact) mass is 431 g/mol. The van der Waals surface area contributed by atoms with E-state index in [1.54, 1.807) is 6.07 Å². The van der Waals surface area contributed by atoms with Gasteiger partial charge in [0.1, 0.15) is 21.4 Å². The summed E-state index contributed by atoms with van der Waals surface area (Å²) in [5.41, 5.74) is 0. The van der Waals surface area contributed by atoms with Crippen LogP contribution >= 0.6 is 0 Å². The van der Waals surface area contributed by atoms with E-state index in [9.17, 15) is 25.6 Å². The summed E-state index contributed by atoms with van der Waals surface area (Å²) < 4.78 is 80.1. The highest BCUT2D eigenvalue weighted by Crippen LogP contribution is 2.24. The number of hydrogen-bond acceptors (Lipinski definition) is 5. The van der Waals surface area contributed by atoms with Crippen LogP contribution in [0.15, 0.2) is 52.5 Å². The molecule has 0 radical (unpaired) electrons.